The van der Waals surface area contributed by atoms with E-state index in [1.165, 1.54) is 0 Å². The molecule has 5 nitrogen and oxygen atoms in total. The first kappa shape index (κ1) is 16.0. The molecule has 0 bridgehead atoms. The summed E-state index contributed by atoms with van der Waals surface area (Å²) in [5.74, 6) is 0.109. The van der Waals surface area contributed by atoms with Crippen LogP contribution in [0.15, 0.2) is 24.3 Å². The van der Waals surface area contributed by atoms with E-state index in [2.05, 4.69) is 10.6 Å². The van der Waals surface area contributed by atoms with E-state index in [0.717, 1.165) is 17.7 Å². The average molecular weight is 310 g/mol. The van der Waals surface area contributed by atoms with Gasteiger partial charge in [-0.3, -0.25) is 4.79 Å². The lowest BCUT2D eigenvalue weighted by atomic mass is 10.2. The maximum absolute atomic E-state index is 12.0. The Labute approximate surface area is 126 Å². The summed E-state index contributed by atoms with van der Waals surface area (Å²) in [5.41, 5.74) is 1.87. The van der Waals surface area contributed by atoms with Crippen LogP contribution in [-0.2, 0) is 14.6 Å². The molecule has 0 aliphatic carbocycles. The van der Waals surface area contributed by atoms with Crippen LogP contribution < -0.4 is 10.6 Å². The van der Waals surface area contributed by atoms with Gasteiger partial charge in [-0.15, -0.1) is 0 Å². The van der Waals surface area contributed by atoms with E-state index in [1.54, 1.807) is 6.92 Å². The summed E-state index contributed by atoms with van der Waals surface area (Å²) in [4.78, 5) is 12.0. The van der Waals surface area contributed by atoms with Crippen molar-refractivity contribution in [3.8, 4) is 0 Å². The highest BCUT2D eigenvalue weighted by Crippen LogP contribution is 2.19. The maximum Gasteiger partial charge on any atom is 0.241 e. The van der Waals surface area contributed by atoms with E-state index in [4.69, 9.17) is 0 Å². The second-order valence-corrected chi connectivity index (χ2v) is 8.02. The number of rotatable bonds is 5. The van der Waals surface area contributed by atoms with Gasteiger partial charge in [-0.2, -0.15) is 0 Å². The second-order valence-electron chi connectivity index (χ2n) is 5.62. The lowest BCUT2D eigenvalue weighted by molar-refractivity contribution is -0.117. The summed E-state index contributed by atoms with van der Waals surface area (Å²) in [6, 6.07) is 7.13. The Hall–Kier alpha value is -1.40. The number of hydrogen-bond acceptors (Lipinski definition) is 4. The zero-order chi connectivity index (χ0) is 15.5. The molecule has 2 N–H and O–H groups in total. The van der Waals surface area contributed by atoms with Crippen molar-refractivity contribution in [1.82, 2.24) is 5.32 Å². The molecule has 1 aliphatic heterocycles. The molecule has 0 spiro atoms. The number of sulfone groups is 1. The third kappa shape index (κ3) is 4.28. The monoisotopic (exact) mass is 310 g/mol. The Bertz CT molecular complexity index is 596. The molecule has 116 valence electrons. The summed E-state index contributed by atoms with van der Waals surface area (Å²) in [6.07, 6.45) is 1.40. The minimum absolute atomic E-state index is 0.158. The van der Waals surface area contributed by atoms with Crippen LogP contribution in [0.1, 0.15) is 25.3 Å². The van der Waals surface area contributed by atoms with Gasteiger partial charge in [0.25, 0.3) is 0 Å². The SMILES string of the molecule is Cc1ccc(NC(=O)C(C)NCC2CCCS2(=O)=O)cc1. The first-order valence-electron chi connectivity index (χ1n) is 7.21. The highest BCUT2D eigenvalue weighted by molar-refractivity contribution is 7.92. The second kappa shape index (κ2) is 6.58. The van der Waals surface area contributed by atoms with E-state index < -0.39 is 15.9 Å². The Balaban J connectivity index is 1.84. The molecule has 2 unspecified atom stereocenters. The smallest absolute Gasteiger partial charge is 0.241 e. The zero-order valence-electron chi connectivity index (χ0n) is 12.4. The lowest BCUT2D eigenvalue weighted by Crippen LogP contribution is -2.42. The maximum atomic E-state index is 12.0. The zero-order valence-corrected chi connectivity index (χ0v) is 13.2. The quantitative estimate of drug-likeness (QED) is 0.864. The van der Waals surface area contributed by atoms with Gasteiger partial charge in [-0.1, -0.05) is 17.7 Å². The van der Waals surface area contributed by atoms with E-state index >= 15 is 0 Å². The van der Waals surface area contributed by atoms with Crippen LogP contribution in [0.3, 0.4) is 0 Å². The molecule has 1 saturated heterocycles. The first-order chi connectivity index (χ1) is 9.88. The fourth-order valence-corrected chi connectivity index (χ4v) is 4.15. The van der Waals surface area contributed by atoms with E-state index in [9.17, 15) is 13.2 Å². The number of amides is 1. The largest absolute Gasteiger partial charge is 0.325 e. The van der Waals surface area contributed by atoms with Crippen molar-refractivity contribution < 1.29 is 13.2 Å². The van der Waals surface area contributed by atoms with Gasteiger partial charge in [0.1, 0.15) is 0 Å². The molecule has 21 heavy (non-hydrogen) atoms. The summed E-state index contributed by atoms with van der Waals surface area (Å²) in [7, 11) is -2.97. The van der Waals surface area contributed by atoms with Crippen molar-refractivity contribution in [2.75, 3.05) is 17.6 Å². The fourth-order valence-electron chi connectivity index (χ4n) is 2.38. The Morgan fingerprint density at radius 1 is 1.33 bits per heavy atom. The number of carbonyl (C=O) groups excluding carboxylic acids is 1. The van der Waals surface area contributed by atoms with E-state index in [0.29, 0.717) is 13.0 Å². The number of benzene rings is 1. The minimum atomic E-state index is -2.97. The predicted molar refractivity (Wildman–Crippen MR) is 84.1 cm³/mol. The van der Waals surface area contributed by atoms with Crippen molar-refractivity contribution >= 4 is 21.4 Å². The highest BCUT2D eigenvalue weighted by atomic mass is 32.2. The molecule has 1 heterocycles. The summed E-state index contributed by atoms with van der Waals surface area (Å²) in [6.45, 7) is 4.06. The molecule has 1 aromatic carbocycles. The van der Waals surface area contributed by atoms with Crippen molar-refractivity contribution in [3.63, 3.8) is 0 Å². The van der Waals surface area contributed by atoms with Crippen molar-refractivity contribution in [2.45, 2.75) is 38.0 Å². The predicted octanol–water partition coefficient (Wildman–Crippen LogP) is 1.49. The Kier molecular flexibility index (Phi) is 5.00. The molecular weight excluding hydrogens is 288 g/mol. The summed E-state index contributed by atoms with van der Waals surface area (Å²) >= 11 is 0. The van der Waals surface area contributed by atoms with Crippen LogP contribution >= 0.6 is 0 Å². The van der Waals surface area contributed by atoms with Gasteiger partial charge in [0.15, 0.2) is 9.84 Å². The third-order valence-corrected chi connectivity index (χ3v) is 6.10. The highest BCUT2D eigenvalue weighted by Gasteiger charge is 2.31. The lowest BCUT2D eigenvalue weighted by Gasteiger charge is -2.16. The van der Waals surface area contributed by atoms with Gasteiger partial charge in [0.05, 0.1) is 17.0 Å². The number of nitrogens with one attached hydrogen (secondary N) is 2. The topological polar surface area (TPSA) is 75.3 Å². The van der Waals surface area contributed by atoms with Crippen molar-refractivity contribution in [2.24, 2.45) is 0 Å². The number of anilines is 1. The standard InChI is InChI=1S/C15H22N2O3S/c1-11-5-7-13(8-6-11)17-15(18)12(2)16-10-14-4-3-9-21(14,19)20/h5-8,12,14,16H,3-4,9-10H2,1-2H3,(H,17,18). The summed E-state index contributed by atoms with van der Waals surface area (Å²) < 4.78 is 23.5. The van der Waals surface area contributed by atoms with Gasteiger partial charge < -0.3 is 10.6 Å². The van der Waals surface area contributed by atoms with Gasteiger partial charge in [-0.25, -0.2) is 8.42 Å². The summed E-state index contributed by atoms with van der Waals surface area (Å²) in [5, 5.41) is 5.48. The van der Waals surface area contributed by atoms with Gasteiger partial charge >= 0.3 is 0 Å². The van der Waals surface area contributed by atoms with Crippen LogP contribution in [-0.4, -0.2) is 37.9 Å². The van der Waals surface area contributed by atoms with Crippen LogP contribution in [0.2, 0.25) is 0 Å². The molecule has 1 aliphatic rings. The first-order valence-corrected chi connectivity index (χ1v) is 8.92. The van der Waals surface area contributed by atoms with Crippen LogP contribution in [0.5, 0.6) is 0 Å². The minimum Gasteiger partial charge on any atom is -0.325 e. The van der Waals surface area contributed by atoms with Gasteiger partial charge in [0.2, 0.25) is 5.91 Å². The molecule has 6 heteroatoms. The van der Waals surface area contributed by atoms with Crippen LogP contribution in [0.4, 0.5) is 5.69 Å². The molecule has 1 fully saturated rings. The third-order valence-electron chi connectivity index (χ3n) is 3.83. The van der Waals surface area contributed by atoms with Crippen LogP contribution in [0.25, 0.3) is 0 Å². The molecule has 1 amide bonds. The van der Waals surface area contributed by atoms with E-state index in [-0.39, 0.29) is 16.9 Å². The Morgan fingerprint density at radius 2 is 2.00 bits per heavy atom. The molecule has 0 saturated carbocycles. The van der Waals surface area contributed by atoms with Crippen LogP contribution in [0, 0.1) is 6.92 Å². The molecule has 2 rings (SSSR count). The fraction of sp³-hybridized carbons (Fsp3) is 0.533. The molecular formula is C15H22N2O3S. The van der Waals surface area contributed by atoms with Crippen molar-refractivity contribution in [1.29, 1.82) is 0 Å². The Morgan fingerprint density at radius 3 is 2.57 bits per heavy atom. The van der Waals surface area contributed by atoms with Crippen molar-refractivity contribution in [3.05, 3.63) is 29.8 Å². The van der Waals surface area contributed by atoms with Gasteiger partial charge in [0, 0.05) is 12.2 Å². The average Bonchev–Trinajstić information content (AvgIpc) is 2.77. The molecule has 2 atom stereocenters. The molecule has 0 radical (unpaired) electrons. The molecule has 1 aromatic rings. The van der Waals surface area contributed by atoms with Gasteiger partial charge in [-0.05, 0) is 38.8 Å². The number of hydrogen-bond donors (Lipinski definition) is 2. The normalized spacial score (nSPS) is 21.9. The number of aryl methyl sites for hydroxylation is 1. The van der Waals surface area contributed by atoms with E-state index in [1.807, 2.05) is 31.2 Å². The molecule has 0 aromatic heterocycles. The number of carbonyl (C=O) groups is 1.